The van der Waals surface area contributed by atoms with Crippen LogP contribution in [0, 0.1) is 0 Å². The zero-order chi connectivity index (χ0) is 22.3. The molecule has 1 aliphatic heterocycles. The van der Waals surface area contributed by atoms with E-state index in [0.29, 0.717) is 36.6 Å². The highest BCUT2D eigenvalue weighted by Gasteiger charge is 2.10. The molecule has 1 aromatic carbocycles. The van der Waals surface area contributed by atoms with Crippen LogP contribution < -0.4 is 4.74 Å². The maximum Gasteiger partial charge on any atom is 0.372 e. The van der Waals surface area contributed by atoms with Crippen molar-refractivity contribution in [2.75, 3.05) is 13.2 Å². The van der Waals surface area contributed by atoms with Gasteiger partial charge in [-0.3, -0.25) is 4.79 Å². The molecular formula is C23H31BrClNO5. The Labute approximate surface area is 197 Å². The molecule has 1 saturated heterocycles. The minimum Gasteiger partial charge on any atom is -0.480 e. The number of nitrogens with zero attached hydrogens (tertiary/aromatic N) is 1. The summed E-state index contributed by atoms with van der Waals surface area (Å²) < 4.78 is 11.5. The van der Waals surface area contributed by atoms with Crippen LogP contribution in [0.3, 0.4) is 0 Å². The van der Waals surface area contributed by atoms with Crippen LogP contribution in [0.4, 0.5) is 0 Å². The monoisotopic (exact) mass is 515 g/mol. The molecule has 0 radical (unpaired) electrons. The first-order valence-corrected chi connectivity index (χ1v) is 12.2. The topological polar surface area (TPSA) is 74.2 Å². The first kappa shape index (κ1) is 25.7. The van der Waals surface area contributed by atoms with E-state index in [2.05, 4.69) is 21.1 Å². The molecule has 172 valence electrons. The van der Waals surface area contributed by atoms with Crippen molar-refractivity contribution < 1.29 is 23.9 Å². The van der Waals surface area contributed by atoms with E-state index < -0.39 is 5.97 Å². The summed E-state index contributed by atoms with van der Waals surface area (Å²) in [6, 6.07) is 5.14. The van der Waals surface area contributed by atoms with Gasteiger partial charge in [0.15, 0.2) is 6.61 Å². The third-order valence-corrected chi connectivity index (χ3v) is 5.77. The molecule has 0 unspecified atom stereocenters. The molecule has 1 aliphatic rings. The Morgan fingerprint density at radius 1 is 1.00 bits per heavy atom. The molecule has 31 heavy (non-hydrogen) atoms. The number of carbonyl (C=O) groups excluding carboxylic acids is 2. The van der Waals surface area contributed by atoms with Crippen LogP contribution in [0.5, 0.6) is 5.75 Å². The van der Waals surface area contributed by atoms with E-state index in [4.69, 9.17) is 25.9 Å². The summed E-state index contributed by atoms with van der Waals surface area (Å²) in [7, 11) is 0. The van der Waals surface area contributed by atoms with E-state index in [9.17, 15) is 9.59 Å². The molecule has 0 amide bonds. The van der Waals surface area contributed by atoms with Gasteiger partial charge in [0.1, 0.15) is 5.75 Å². The lowest BCUT2D eigenvalue weighted by atomic mass is 10.0. The van der Waals surface area contributed by atoms with Crippen molar-refractivity contribution >= 4 is 45.2 Å². The zero-order valence-corrected chi connectivity index (χ0v) is 20.2. The summed E-state index contributed by atoms with van der Waals surface area (Å²) in [5, 5.41) is 4.46. The number of hydrogen-bond acceptors (Lipinski definition) is 6. The van der Waals surface area contributed by atoms with Crippen LogP contribution in [-0.2, 0) is 19.2 Å². The van der Waals surface area contributed by atoms with Gasteiger partial charge >= 0.3 is 11.9 Å². The first-order valence-electron chi connectivity index (χ1n) is 11.0. The molecule has 0 saturated carbocycles. The second-order valence-corrected chi connectivity index (χ2v) is 8.96. The van der Waals surface area contributed by atoms with Crippen LogP contribution in [-0.4, -0.2) is 30.9 Å². The fourth-order valence-corrected chi connectivity index (χ4v) is 4.01. The fraction of sp³-hybridized carbons (Fsp3) is 0.609. The van der Waals surface area contributed by atoms with E-state index in [0.717, 1.165) is 42.3 Å². The average Bonchev–Trinajstić information content (AvgIpc) is 2.74. The van der Waals surface area contributed by atoms with Gasteiger partial charge in [0.05, 0.1) is 17.3 Å². The smallest absolute Gasteiger partial charge is 0.372 e. The van der Waals surface area contributed by atoms with Crippen LogP contribution in [0.1, 0.15) is 77.0 Å². The largest absolute Gasteiger partial charge is 0.480 e. The van der Waals surface area contributed by atoms with Gasteiger partial charge in [-0.1, -0.05) is 71.2 Å². The number of cyclic esters (lactones) is 1. The number of oxime groups is 1. The molecule has 1 fully saturated rings. The number of rotatable bonds is 4. The van der Waals surface area contributed by atoms with Gasteiger partial charge in [0, 0.05) is 10.9 Å². The van der Waals surface area contributed by atoms with Gasteiger partial charge < -0.3 is 14.3 Å². The summed E-state index contributed by atoms with van der Waals surface area (Å²) >= 11 is 9.40. The summed E-state index contributed by atoms with van der Waals surface area (Å²) in [5.74, 6) is -0.327. The SMILES string of the molecule is O=C1CCCCCCCCCC/C(=N\OC(=O)COc2ccc(Br)cc2Cl)CCCO1. The third-order valence-electron chi connectivity index (χ3n) is 4.99. The third kappa shape index (κ3) is 11.5. The maximum absolute atomic E-state index is 12.0. The van der Waals surface area contributed by atoms with Crippen molar-refractivity contribution in [3.63, 3.8) is 0 Å². The summed E-state index contributed by atoms with van der Waals surface area (Å²) in [6.45, 7) is 0.0761. The fourth-order valence-electron chi connectivity index (χ4n) is 3.28. The van der Waals surface area contributed by atoms with Crippen LogP contribution >= 0.6 is 27.5 Å². The maximum atomic E-state index is 12.0. The van der Waals surface area contributed by atoms with E-state index >= 15 is 0 Å². The van der Waals surface area contributed by atoms with Crippen molar-refractivity contribution in [1.29, 1.82) is 0 Å². The molecular weight excluding hydrogens is 486 g/mol. The Morgan fingerprint density at radius 3 is 2.35 bits per heavy atom. The van der Waals surface area contributed by atoms with Crippen LogP contribution in [0.25, 0.3) is 0 Å². The lowest BCUT2D eigenvalue weighted by Crippen LogP contribution is -2.14. The Kier molecular flexibility index (Phi) is 12.6. The van der Waals surface area contributed by atoms with Crippen molar-refractivity contribution in [2.24, 2.45) is 5.16 Å². The van der Waals surface area contributed by atoms with Crippen molar-refractivity contribution in [1.82, 2.24) is 0 Å². The summed E-state index contributed by atoms with van der Waals surface area (Å²) in [4.78, 5) is 28.8. The highest BCUT2D eigenvalue weighted by Crippen LogP contribution is 2.27. The lowest BCUT2D eigenvalue weighted by Gasteiger charge is -2.09. The number of carbonyl (C=O) groups is 2. The van der Waals surface area contributed by atoms with E-state index in [-0.39, 0.29) is 12.6 Å². The molecule has 1 heterocycles. The lowest BCUT2D eigenvalue weighted by molar-refractivity contribution is -0.146. The Bertz CT molecular complexity index is 741. The quantitative estimate of drug-likeness (QED) is 0.255. The number of esters is 1. The van der Waals surface area contributed by atoms with Gasteiger partial charge in [0.2, 0.25) is 0 Å². The average molecular weight is 517 g/mol. The highest BCUT2D eigenvalue weighted by atomic mass is 79.9. The predicted molar refractivity (Wildman–Crippen MR) is 125 cm³/mol. The van der Waals surface area contributed by atoms with Gasteiger partial charge in [-0.25, -0.2) is 4.79 Å². The summed E-state index contributed by atoms with van der Waals surface area (Å²) in [5.41, 5.74) is 0.804. The predicted octanol–water partition coefficient (Wildman–Crippen LogP) is 6.62. The second-order valence-electron chi connectivity index (χ2n) is 7.64. The van der Waals surface area contributed by atoms with E-state index in [1.54, 1.807) is 18.2 Å². The second kappa shape index (κ2) is 15.2. The van der Waals surface area contributed by atoms with Crippen molar-refractivity contribution in [3.8, 4) is 5.75 Å². The molecule has 0 spiro atoms. The molecule has 0 N–H and O–H groups in total. The molecule has 0 aliphatic carbocycles. The normalized spacial score (nSPS) is 18.9. The Balaban J connectivity index is 1.82. The standard InChI is InChI=1S/C23H31BrClNO5/c24-18-13-14-21(20(25)16-18)30-17-23(28)31-26-19-10-7-5-3-1-2-4-6-8-12-22(27)29-15-9-11-19/h13-14,16H,1-12,15,17H2/b26-19+. The summed E-state index contributed by atoms with van der Waals surface area (Å²) in [6.07, 6.45) is 11.4. The molecule has 2 rings (SSSR count). The van der Waals surface area contributed by atoms with E-state index in [1.165, 1.54) is 25.7 Å². The number of benzene rings is 1. The highest BCUT2D eigenvalue weighted by molar-refractivity contribution is 9.10. The van der Waals surface area contributed by atoms with Gasteiger partial charge in [0.25, 0.3) is 0 Å². The molecule has 0 atom stereocenters. The van der Waals surface area contributed by atoms with Gasteiger partial charge in [-0.05, 0) is 50.3 Å². The molecule has 0 aromatic heterocycles. The van der Waals surface area contributed by atoms with Crippen LogP contribution in [0.2, 0.25) is 5.02 Å². The van der Waals surface area contributed by atoms with Gasteiger partial charge in [-0.15, -0.1) is 0 Å². The Morgan fingerprint density at radius 2 is 1.65 bits per heavy atom. The molecule has 6 nitrogen and oxygen atoms in total. The molecule has 1 aromatic rings. The molecule has 0 bridgehead atoms. The first-order chi connectivity index (χ1) is 15.0. The minimum absolute atomic E-state index is 0.138. The number of hydrogen-bond donors (Lipinski definition) is 0. The van der Waals surface area contributed by atoms with Crippen molar-refractivity contribution in [3.05, 3.63) is 27.7 Å². The van der Waals surface area contributed by atoms with Crippen LogP contribution in [0.15, 0.2) is 27.8 Å². The van der Waals surface area contributed by atoms with Gasteiger partial charge in [-0.2, -0.15) is 0 Å². The Hall–Kier alpha value is -1.60. The number of halogens is 2. The molecule has 8 heteroatoms. The van der Waals surface area contributed by atoms with E-state index in [1.807, 2.05) is 0 Å². The zero-order valence-electron chi connectivity index (χ0n) is 17.9. The minimum atomic E-state index is -0.593. The van der Waals surface area contributed by atoms with Crippen molar-refractivity contribution in [2.45, 2.75) is 77.0 Å². The number of ether oxygens (including phenoxy) is 2.